The molecule has 0 fully saturated rings. The number of rotatable bonds is 3. The zero-order valence-electron chi connectivity index (χ0n) is 4.71. The molecule has 0 bridgehead atoms. The molecule has 0 aliphatic rings. The van der Waals surface area contributed by atoms with Gasteiger partial charge in [0, 0.05) is 0 Å². The van der Waals surface area contributed by atoms with E-state index in [0.29, 0.717) is 8.05 Å². The molecule has 0 rings (SSSR count). The normalized spacial score (nSPS) is 13.3. The summed E-state index contributed by atoms with van der Waals surface area (Å²) in [6.45, 7) is 0. The third kappa shape index (κ3) is 4.70. The lowest BCUT2D eigenvalue weighted by atomic mass is 10.6. The predicted molar refractivity (Wildman–Crippen MR) is 31.2 cm³/mol. The van der Waals surface area contributed by atoms with E-state index in [-0.39, 0.29) is 0 Å². The van der Waals surface area contributed by atoms with Crippen molar-refractivity contribution in [1.29, 1.82) is 0 Å². The molecule has 0 heterocycles. The zero-order chi connectivity index (χ0) is 8.41. The van der Waals surface area contributed by atoms with E-state index in [2.05, 4.69) is 7.73 Å². The van der Waals surface area contributed by atoms with Gasteiger partial charge in [-0.25, -0.2) is 0 Å². The van der Waals surface area contributed by atoms with Crippen molar-refractivity contribution in [1.82, 2.24) is 0 Å². The molecule has 0 unspecified atom stereocenters. The van der Waals surface area contributed by atoms with Gasteiger partial charge in [-0.15, -0.1) is 3.63 Å². The maximum absolute atomic E-state index is 10.0. The number of hydrogen-bond donors (Lipinski definition) is 1. The maximum atomic E-state index is 10.0. The monoisotopic (exact) mass is 190 g/mol. The Bertz CT molecular complexity index is 280. The van der Waals surface area contributed by atoms with Crippen molar-refractivity contribution >= 4 is 28.8 Å². The fraction of sp³-hybridized carbons (Fsp3) is 0. The smallest absolute Gasteiger partial charge is 0.321 e. The summed E-state index contributed by atoms with van der Waals surface area (Å²) in [6, 6.07) is 0. The third-order valence-corrected chi connectivity index (χ3v) is 2.14. The fourth-order valence-corrected chi connectivity index (χ4v) is 1.20. The largest absolute Gasteiger partial charge is 0.413 e. The molecule has 0 amide bonds. The molecule has 60 valence electrons. The SMILES string of the molecule is BOS(=O)(=O)OS(=O)(=O)O. The second kappa shape index (κ2) is 2.84. The average Bonchev–Trinajstić information content (AvgIpc) is 1.60. The van der Waals surface area contributed by atoms with Crippen LogP contribution in [-0.2, 0) is 28.5 Å². The molecule has 0 aromatic rings. The van der Waals surface area contributed by atoms with Gasteiger partial charge in [0.25, 0.3) is 8.05 Å². The highest BCUT2D eigenvalue weighted by atomic mass is 32.3. The first-order valence-electron chi connectivity index (χ1n) is 1.76. The lowest BCUT2D eigenvalue weighted by Gasteiger charge is -1.96. The molecule has 0 atom stereocenters. The Morgan fingerprint density at radius 1 is 1.20 bits per heavy atom. The van der Waals surface area contributed by atoms with Crippen LogP contribution in [0.3, 0.4) is 0 Å². The minimum atomic E-state index is -5.01. The van der Waals surface area contributed by atoms with Crippen molar-refractivity contribution < 1.29 is 29.1 Å². The van der Waals surface area contributed by atoms with E-state index in [1.165, 1.54) is 0 Å². The molecule has 10 heteroatoms. The second-order valence-corrected chi connectivity index (χ2v) is 3.62. The zero-order valence-corrected chi connectivity index (χ0v) is 6.35. The Kier molecular flexibility index (Phi) is 2.80. The number of hydrogen-bond acceptors (Lipinski definition) is 6. The lowest BCUT2D eigenvalue weighted by Crippen LogP contribution is -2.13. The van der Waals surface area contributed by atoms with Crippen molar-refractivity contribution in [3.63, 3.8) is 0 Å². The Morgan fingerprint density at radius 2 is 1.60 bits per heavy atom. The molecule has 10 heavy (non-hydrogen) atoms. The third-order valence-electron chi connectivity index (χ3n) is 0.373. The molecular weight excluding hydrogens is 187 g/mol. The molecule has 0 saturated carbocycles. The first-order chi connectivity index (χ1) is 4.27. The van der Waals surface area contributed by atoms with Crippen LogP contribution >= 0.6 is 0 Å². The highest BCUT2D eigenvalue weighted by Gasteiger charge is 2.18. The summed E-state index contributed by atoms with van der Waals surface area (Å²) in [5.41, 5.74) is 0. The van der Waals surface area contributed by atoms with Crippen LogP contribution in [0.4, 0.5) is 0 Å². The molecule has 1 N–H and O–H groups in total. The standard InChI is InChI=1S/BH3O7S2/c1-7-10(5,6)8-9(2,3)4/h1H2,(H,2,3,4). The van der Waals surface area contributed by atoms with Crippen molar-refractivity contribution in [2.45, 2.75) is 0 Å². The summed E-state index contributed by atoms with van der Waals surface area (Å²) in [5.74, 6) is 0. The van der Waals surface area contributed by atoms with Gasteiger partial charge in [-0.3, -0.25) is 4.55 Å². The van der Waals surface area contributed by atoms with E-state index < -0.39 is 20.8 Å². The first-order valence-corrected chi connectivity index (χ1v) is 4.46. The molecule has 0 aromatic heterocycles. The average molecular weight is 190 g/mol. The van der Waals surface area contributed by atoms with Gasteiger partial charge in [-0.1, -0.05) is 0 Å². The molecule has 0 spiro atoms. The van der Waals surface area contributed by atoms with Gasteiger partial charge in [0.1, 0.15) is 0 Å². The molecule has 0 aliphatic heterocycles. The Labute approximate surface area is 58.7 Å². The first kappa shape index (κ1) is 9.84. The van der Waals surface area contributed by atoms with Gasteiger partial charge in [-0.2, -0.15) is 16.8 Å². The van der Waals surface area contributed by atoms with E-state index in [0.717, 1.165) is 0 Å². The van der Waals surface area contributed by atoms with Crippen LogP contribution in [0.1, 0.15) is 0 Å². The maximum Gasteiger partial charge on any atom is 0.413 e. The van der Waals surface area contributed by atoms with Gasteiger partial charge >= 0.3 is 20.8 Å². The van der Waals surface area contributed by atoms with E-state index in [4.69, 9.17) is 4.55 Å². The van der Waals surface area contributed by atoms with Crippen LogP contribution in [0, 0.1) is 0 Å². The molecule has 7 nitrogen and oxygen atoms in total. The van der Waals surface area contributed by atoms with Crippen molar-refractivity contribution in [3.05, 3.63) is 0 Å². The predicted octanol–water partition coefficient (Wildman–Crippen LogP) is -2.38. The Hall–Kier alpha value is -0.155. The van der Waals surface area contributed by atoms with Crippen LogP contribution in [0.2, 0.25) is 0 Å². The molecule has 0 saturated heterocycles. The Balaban J connectivity index is 4.49. The molecule has 0 aliphatic carbocycles. The summed E-state index contributed by atoms with van der Waals surface area (Å²) in [6.07, 6.45) is 0. The summed E-state index contributed by atoms with van der Waals surface area (Å²) < 4.78 is 53.8. The van der Waals surface area contributed by atoms with Crippen molar-refractivity contribution in [2.24, 2.45) is 0 Å². The van der Waals surface area contributed by atoms with Crippen LogP contribution in [0.25, 0.3) is 0 Å². The van der Waals surface area contributed by atoms with Crippen LogP contribution in [0.15, 0.2) is 0 Å². The highest BCUT2D eigenvalue weighted by molar-refractivity contribution is 7.95. The van der Waals surface area contributed by atoms with Gasteiger partial charge < -0.3 is 4.10 Å². The summed E-state index contributed by atoms with van der Waals surface area (Å²) in [4.78, 5) is 0. The van der Waals surface area contributed by atoms with Crippen molar-refractivity contribution in [3.8, 4) is 0 Å². The van der Waals surface area contributed by atoms with Gasteiger partial charge in [0.05, 0.1) is 0 Å². The van der Waals surface area contributed by atoms with Crippen LogP contribution in [-0.4, -0.2) is 29.4 Å². The highest BCUT2D eigenvalue weighted by Crippen LogP contribution is 1.97. The van der Waals surface area contributed by atoms with Gasteiger partial charge in [0.2, 0.25) is 0 Å². The minimum Gasteiger partial charge on any atom is -0.321 e. The van der Waals surface area contributed by atoms with Crippen LogP contribution in [0.5, 0.6) is 0 Å². The summed E-state index contributed by atoms with van der Waals surface area (Å²) >= 11 is 0. The van der Waals surface area contributed by atoms with Crippen LogP contribution < -0.4 is 0 Å². The van der Waals surface area contributed by atoms with Crippen molar-refractivity contribution in [2.75, 3.05) is 0 Å². The van der Waals surface area contributed by atoms with E-state index in [1.54, 1.807) is 0 Å². The molecule has 0 radical (unpaired) electrons. The topological polar surface area (TPSA) is 107 Å². The Morgan fingerprint density at radius 3 is 1.70 bits per heavy atom. The lowest BCUT2D eigenvalue weighted by molar-refractivity contribution is 0.353. The second-order valence-electron chi connectivity index (χ2n) is 1.07. The summed E-state index contributed by atoms with van der Waals surface area (Å²) in [5, 5.41) is 0. The summed E-state index contributed by atoms with van der Waals surface area (Å²) in [7, 11) is -8.94. The fourth-order valence-electron chi connectivity index (χ4n) is 0.133. The minimum absolute atomic E-state index is 0.681. The van der Waals surface area contributed by atoms with Gasteiger partial charge in [0.15, 0.2) is 0 Å². The molecular formula is H3BO7S2. The van der Waals surface area contributed by atoms with E-state index >= 15 is 0 Å². The quantitative estimate of drug-likeness (QED) is 0.390. The van der Waals surface area contributed by atoms with E-state index in [9.17, 15) is 16.8 Å². The molecule has 0 aromatic carbocycles. The van der Waals surface area contributed by atoms with E-state index in [1.807, 2.05) is 0 Å². The van der Waals surface area contributed by atoms with Gasteiger partial charge in [-0.05, 0) is 0 Å².